The Morgan fingerprint density at radius 2 is 1.88 bits per heavy atom. The second kappa shape index (κ2) is 8.46. The number of hydrogen-bond donors (Lipinski definition) is 2. The Hall–Kier alpha value is -2.48. The predicted octanol–water partition coefficient (Wildman–Crippen LogP) is 4.20. The van der Waals surface area contributed by atoms with Crippen LogP contribution >= 0.6 is 0 Å². The molecule has 6 nitrogen and oxygen atoms in total. The van der Waals surface area contributed by atoms with Crippen molar-refractivity contribution in [2.24, 2.45) is 5.73 Å². The lowest BCUT2D eigenvalue weighted by Crippen LogP contribution is -2.53. The standard InChI is InChI=1S/C24H33F2N5O/c1-4-24(26)11-9-18(10-12-24)28-21-20(16-5-7-17(25)8-6-16)29-22-23(2,3)31(19(32)15-27)14-13-30(21)22/h5-8,18,28H,4,9-15,27H2,1-3H3. The van der Waals surface area contributed by atoms with Crippen LogP contribution in [0.4, 0.5) is 14.6 Å². The van der Waals surface area contributed by atoms with E-state index in [2.05, 4.69) is 9.88 Å². The topological polar surface area (TPSA) is 76.2 Å². The molecule has 3 N–H and O–H groups in total. The average molecular weight is 446 g/mol. The van der Waals surface area contributed by atoms with Crippen molar-refractivity contribution in [1.29, 1.82) is 0 Å². The first-order chi connectivity index (χ1) is 15.2. The lowest BCUT2D eigenvalue weighted by molar-refractivity contribution is -0.137. The molecule has 2 aromatic rings. The molecule has 1 saturated carbocycles. The van der Waals surface area contributed by atoms with Gasteiger partial charge >= 0.3 is 0 Å². The molecule has 174 valence electrons. The summed E-state index contributed by atoms with van der Waals surface area (Å²) < 4.78 is 30.4. The number of anilines is 1. The minimum Gasteiger partial charge on any atom is -0.367 e. The van der Waals surface area contributed by atoms with Crippen LogP contribution in [0.25, 0.3) is 11.3 Å². The minimum atomic E-state index is -1.07. The van der Waals surface area contributed by atoms with Gasteiger partial charge in [0.2, 0.25) is 5.91 Å². The summed E-state index contributed by atoms with van der Waals surface area (Å²) in [6, 6.07) is 6.42. The number of hydrogen-bond acceptors (Lipinski definition) is 4. The zero-order valence-corrected chi connectivity index (χ0v) is 19.1. The molecule has 2 aliphatic rings. The number of alkyl halides is 1. The highest BCUT2D eigenvalue weighted by Crippen LogP contribution is 2.41. The van der Waals surface area contributed by atoms with Gasteiger partial charge in [-0.15, -0.1) is 0 Å². The van der Waals surface area contributed by atoms with Gasteiger partial charge in [0.1, 0.15) is 28.8 Å². The van der Waals surface area contributed by atoms with Crippen LogP contribution in [0.5, 0.6) is 0 Å². The van der Waals surface area contributed by atoms with Crippen molar-refractivity contribution < 1.29 is 13.6 Å². The van der Waals surface area contributed by atoms with E-state index in [1.807, 2.05) is 20.8 Å². The normalized spacial score (nSPS) is 24.8. The number of amides is 1. The molecule has 1 aliphatic heterocycles. The number of rotatable bonds is 5. The molecule has 4 rings (SSSR count). The molecule has 0 saturated heterocycles. The van der Waals surface area contributed by atoms with Crippen LogP contribution in [0.2, 0.25) is 0 Å². The second-order valence-corrected chi connectivity index (χ2v) is 9.52. The van der Waals surface area contributed by atoms with Gasteiger partial charge in [-0.1, -0.05) is 6.92 Å². The highest BCUT2D eigenvalue weighted by Gasteiger charge is 2.42. The van der Waals surface area contributed by atoms with Gasteiger partial charge in [0.25, 0.3) is 0 Å². The van der Waals surface area contributed by atoms with Crippen LogP contribution in [0, 0.1) is 5.82 Å². The SMILES string of the molecule is CCC1(F)CCC(Nc2c(-c3ccc(F)cc3)nc3n2CCN(C(=O)CN)C3(C)C)CC1. The van der Waals surface area contributed by atoms with Crippen molar-refractivity contribution in [3.63, 3.8) is 0 Å². The quantitative estimate of drug-likeness (QED) is 0.723. The van der Waals surface area contributed by atoms with E-state index in [0.717, 1.165) is 35.7 Å². The fraction of sp³-hybridized carbons (Fsp3) is 0.583. The summed E-state index contributed by atoms with van der Waals surface area (Å²) in [5.41, 5.74) is 5.45. The van der Waals surface area contributed by atoms with Gasteiger partial charge in [-0.25, -0.2) is 13.8 Å². The van der Waals surface area contributed by atoms with Crippen LogP contribution in [-0.4, -0.2) is 45.2 Å². The lowest BCUT2D eigenvalue weighted by atomic mass is 9.82. The van der Waals surface area contributed by atoms with Crippen LogP contribution < -0.4 is 11.1 Å². The number of imidazole rings is 1. The van der Waals surface area contributed by atoms with Crippen LogP contribution in [0.1, 0.15) is 58.7 Å². The molecule has 0 unspecified atom stereocenters. The summed E-state index contributed by atoms with van der Waals surface area (Å²) in [7, 11) is 0. The van der Waals surface area contributed by atoms with E-state index >= 15 is 0 Å². The molecule has 8 heteroatoms. The summed E-state index contributed by atoms with van der Waals surface area (Å²) in [6.07, 6.45) is 3.11. The van der Waals surface area contributed by atoms with Gasteiger partial charge < -0.3 is 20.5 Å². The maximum Gasteiger partial charge on any atom is 0.237 e. The first-order valence-electron chi connectivity index (χ1n) is 11.5. The van der Waals surface area contributed by atoms with Crippen LogP contribution in [-0.2, 0) is 16.9 Å². The molecule has 1 aromatic carbocycles. The minimum absolute atomic E-state index is 0.0510. The highest BCUT2D eigenvalue weighted by molar-refractivity contribution is 5.80. The third-order valence-corrected chi connectivity index (χ3v) is 7.19. The first-order valence-corrected chi connectivity index (χ1v) is 11.5. The number of nitrogens with one attached hydrogen (secondary N) is 1. The second-order valence-electron chi connectivity index (χ2n) is 9.52. The molecule has 0 bridgehead atoms. The Balaban J connectivity index is 1.73. The van der Waals surface area contributed by atoms with Gasteiger partial charge in [-0.2, -0.15) is 0 Å². The monoisotopic (exact) mass is 445 g/mol. The van der Waals surface area contributed by atoms with Gasteiger partial charge in [-0.3, -0.25) is 4.79 Å². The molecular formula is C24H33F2N5O. The van der Waals surface area contributed by atoms with Gasteiger partial charge in [0.05, 0.1) is 12.1 Å². The number of aromatic nitrogens is 2. The maximum atomic E-state index is 14.7. The average Bonchev–Trinajstić information content (AvgIpc) is 3.15. The summed E-state index contributed by atoms with van der Waals surface area (Å²) in [5.74, 6) is 1.19. The van der Waals surface area contributed by atoms with Crippen molar-refractivity contribution in [2.75, 3.05) is 18.4 Å². The number of halogens is 2. The molecule has 0 atom stereocenters. The van der Waals surface area contributed by atoms with E-state index in [-0.39, 0.29) is 24.3 Å². The summed E-state index contributed by atoms with van der Waals surface area (Å²) in [4.78, 5) is 19.2. The van der Waals surface area contributed by atoms with Gasteiger partial charge in [-0.05, 0) is 70.2 Å². The summed E-state index contributed by atoms with van der Waals surface area (Å²) in [5, 5.41) is 3.64. The molecule has 1 aromatic heterocycles. The zero-order chi connectivity index (χ0) is 23.1. The van der Waals surface area contributed by atoms with Gasteiger partial charge in [0.15, 0.2) is 0 Å². The van der Waals surface area contributed by atoms with E-state index in [0.29, 0.717) is 32.4 Å². The zero-order valence-electron chi connectivity index (χ0n) is 19.1. The number of carbonyl (C=O) groups excluding carboxylic acids is 1. The Morgan fingerprint density at radius 1 is 1.22 bits per heavy atom. The smallest absolute Gasteiger partial charge is 0.237 e. The molecule has 1 amide bonds. The Kier molecular flexibility index (Phi) is 6.00. The summed E-state index contributed by atoms with van der Waals surface area (Å²) >= 11 is 0. The third-order valence-electron chi connectivity index (χ3n) is 7.19. The molecular weight excluding hydrogens is 412 g/mol. The maximum absolute atomic E-state index is 14.7. The van der Waals surface area contributed by atoms with Crippen LogP contribution in [0.15, 0.2) is 24.3 Å². The number of benzene rings is 1. The van der Waals surface area contributed by atoms with Crippen molar-refractivity contribution in [2.45, 2.75) is 76.7 Å². The van der Waals surface area contributed by atoms with E-state index in [1.165, 1.54) is 12.1 Å². The van der Waals surface area contributed by atoms with E-state index < -0.39 is 11.2 Å². The lowest BCUT2D eigenvalue weighted by Gasteiger charge is -2.42. The number of carbonyl (C=O) groups is 1. The molecule has 2 heterocycles. The molecule has 32 heavy (non-hydrogen) atoms. The fourth-order valence-corrected chi connectivity index (χ4v) is 5.07. The van der Waals surface area contributed by atoms with Crippen LogP contribution in [0.3, 0.4) is 0 Å². The number of nitrogens with zero attached hydrogens (tertiary/aromatic N) is 3. The predicted molar refractivity (Wildman–Crippen MR) is 121 cm³/mol. The Bertz CT molecular complexity index is 977. The summed E-state index contributed by atoms with van der Waals surface area (Å²) in [6.45, 7) is 6.90. The Morgan fingerprint density at radius 3 is 2.47 bits per heavy atom. The van der Waals surface area contributed by atoms with Crippen molar-refractivity contribution in [3.8, 4) is 11.3 Å². The van der Waals surface area contributed by atoms with Crippen molar-refractivity contribution in [1.82, 2.24) is 14.5 Å². The number of nitrogens with two attached hydrogens (primary N) is 1. The third kappa shape index (κ3) is 4.00. The Labute approximate surface area is 188 Å². The van der Waals surface area contributed by atoms with E-state index in [9.17, 15) is 13.6 Å². The molecule has 1 fully saturated rings. The van der Waals surface area contributed by atoms with E-state index in [4.69, 9.17) is 10.7 Å². The largest absolute Gasteiger partial charge is 0.367 e. The molecule has 1 aliphatic carbocycles. The number of fused-ring (bicyclic) bond motifs is 1. The van der Waals surface area contributed by atoms with Gasteiger partial charge in [0, 0.05) is 24.7 Å². The highest BCUT2D eigenvalue weighted by atomic mass is 19.1. The molecule has 0 spiro atoms. The van der Waals surface area contributed by atoms with Crippen molar-refractivity contribution >= 4 is 11.7 Å². The van der Waals surface area contributed by atoms with E-state index in [1.54, 1.807) is 17.0 Å². The molecule has 0 radical (unpaired) electrons. The van der Waals surface area contributed by atoms with Crippen molar-refractivity contribution in [3.05, 3.63) is 35.9 Å². The first kappa shape index (κ1) is 22.7. The fourth-order valence-electron chi connectivity index (χ4n) is 5.07.